The van der Waals surface area contributed by atoms with Gasteiger partial charge in [-0.1, -0.05) is 20.8 Å². The third-order valence-corrected chi connectivity index (χ3v) is 5.66. The molecular weight excluding hydrogens is 222 g/mol. The zero-order chi connectivity index (χ0) is 12.4. The quantitative estimate of drug-likeness (QED) is 0.827. The standard InChI is InChI=1S/C12H25NO2S/c1-4-16(14,15)10-9-12(13)7-5-11(2,3)6-8-12/h4-10,13H2,1-3H3. The van der Waals surface area contributed by atoms with E-state index in [2.05, 4.69) is 13.8 Å². The molecule has 16 heavy (non-hydrogen) atoms. The Morgan fingerprint density at radius 3 is 2.06 bits per heavy atom. The lowest BCUT2D eigenvalue weighted by Gasteiger charge is -2.41. The molecule has 0 aliphatic heterocycles. The first-order chi connectivity index (χ1) is 7.18. The van der Waals surface area contributed by atoms with Gasteiger partial charge in [-0.3, -0.25) is 0 Å². The van der Waals surface area contributed by atoms with Gasteiger partial charge in [-0.25, -0.2) is 8.42 Å². The van der Waals surface area contributed by atoms with E-state index < -0.39 is 9.84 Å². The second-order valence-electron chi connectivity index (χ2n) is 6.01. The lowest BCUT2D eigenvalue weighted by Crippen LogP contribution is -2.46. The summed E-state index contributed by atoms with van der Waals surface area (Å²) in [6.07, 6.45) is 4.75. The summed E-state index contributed by atoms with van der Waals surface area (Å²) in [5.74, 6) is 0.481. The molecule has 3 nitrogen and oxygen atoms in total. The van der Waals surface area contributed by atoms with Crippen LogP contribution in [0.2, 0.25) is 0 Å². The average Bonchev–Trinajstić information content (AvgIpc) is 2.21. The SMILES string of the molecule is CCS(=O)(=O)CCC1(N)CCC(C)(C)CC1. The summed E-state index contributed by atoms with van der Waals surface area (Å²) in [6, 6.07) is 0. The van der Waals surface area contributed by atoms with Gasteiger partial charge in [-0.05, 0) is 37.5 Å². The predicted octanol–water partition coefficient (Wildman–Crippen LogP) is 2.11. The van der Waals surface area contributed by atoms with Crippen molar-refractivity contribution in [1.82, 2.24) is 0 Å². The van der Waals surface area contributed by atoms with Crippen molar-refractivity contribution in [3.63, 3.8) is 0 Å². The van der Waals surface area contributed by atoms with Crippen molar-refractivity contribution in [2.45, 2.75) is 58.4 Å². The van der Waals surface area contributed by atoms with Crippen molar-refractivity contribution in [2.24, 2.45) is 11.1 Å². The van der Waals surface area contributed by atoms with Crippen molar-refractivity contribution in [3.05, 3.63) is 0 Å². The van der Waals surface area contributed by atoms with E-state index in [1.807, 2.05) is 0 Å². The molecule has 96 valence electrons. The lowest BCUT2D eigenvalue weighted by molar-refractivity contribution is 0.162. The highest BCUT2D eigenvalue weighted by atomic mass is 32.2. The molecule has 0 saturated heterocycles. The maximum atomic E-state index is 11.5. The maximum absolute atomic E-state index is 11.5. The zero-order valence-electron chi connectivity index (χ0n) is 10.8. The van der Waals surface area contributed by atoms with E-state index >= 15 is 0 Å². The van der Waals surface area contributed by atoms with Crippen molar-refractivity contribution in [1.29, 1.82) is 0 Å². The molecule has 0 aromatic rings. The van der Waals surface area contributed by atoms with E-state index in [-0.39, 0.29) is 17.0 Å². The van der Waals surface area contributed by atoms with Crippen LogP contribution in [0, 0.1) is 5.41 Å². The van der Waals surface area contributed by atoms with Gasteiger partial charge in [0.25, 0.3) is 0 Å². The molecule has 1 saturated carbocycles. The molecule has 0 aromatic heterocycles. The van der Waals surface area contributed by atoms with E-state index in [1.165, 1.54) is 0 Å². The number of rotatable bonds is 4. The van der Waals surface area contributed by atoms with Crippen LogP contribution in [-0.2, 0) is 9.84 Å². The molecular formula is C12H25NO2S. The van der Waals surface area contributed by atoms with Crippen LogP contribution in [0.15, 0.2) is 0 Å². The summed E-state index contributed by atoms with van der Waals surface area (Å²) >= 11 is 0. The summed E-state index contributed by atoms with van der Waals surface area (Å²) in [6.45, 7) is 6.22. The Kier molecular flexibility index (Phi) is 4.06. The Morgan fingerprint density at radius 2 is 1.62 bits per heavy atom. The smallest absolute Gasteiger partial charge is 0.150 e. The first-order valence-corrected chi connectivity index (χ1v) is 8.00. The Hall–Kier alpha value is -0.0900. The van der Waals surface area contributed by atoms with Gasteiger partial charge < -0.3 is 5.73 Å². The number of hydrogen-bond acceptors (Lipinski definition) is 3. The van der Waals surface area contributed by atoms with Crippen LogP contribution in [-0.4, -0.2) is 25.5 Å². The molecule has 0 bridgehead atoms. The largest absolute Gasteiger partial charge is 0.325 e. The first kappa shape index (κ1) is 14.0. The highest BCUT2D eigenvalue weighted by Crippen LogP contribution is 2.40. The van der Waals surface area contributed by atoms with Crippen LogP contribution in [0.5, 0.6) is 0 Å². The summed E-state index contributed by atoms with van der Waals surface area (Å²) in [5, 5.41) is 0. The summed E-state index contributed by atoms with van der Waals surface area (Å²) in [4.78, 5) is 0. The predicted molar refractivity (Wildman–Crippen MR) is 68.1 cm³/mol. The van der Waals surface area contributed by atoms with Crippen molar-refractivity contribution in [2.75, 3.05) is 11.5 Å². The summed E-state index contributed by atoms with van der Waals surface area (Å²) in [5.41, 5.74) is 6.42. The van der Waals surface area contributed by atoms with E-state index in [0.29, 0.717) is 11.8 Å². The van der Waals surface area contributed by atoms with E-state index in [4.69, 9.17) is 5.73 Å². The van der Waals surface area contributed by atoms with Crippen LogP contribution in [0.4, 0.5) is 0 Å². The molecule has 0 heterocycles. The third-order valence-electron chi connectivity index (χ3n) is 3.95. The topological polar surface area (TPSA) is 60.2 Å². The fourth-order valence-corrected chi connectivity index (χ4v) is 3.18. The molecule has 4 heteroatoms. The number of hydrogen-bond donors (Lipinski definition) is 1. The number of nitrogens with two attached hydrogens (primary N) is 1. The molecule has 0 atom stereocenters. The van der Waals surface area contributed by atoms with Gasteiger partial charge in [0.15, 0.2) is 0 Å². The van der Waals surface area contributed by atoms with Crippen LogP contribution in [0.1, 0.15) is 52.9 Å². The third kappa shape index (κ3) is 4.06. The molecule has 1 aliphatic rings. The van der Waals surface area contributed by atoms with Gasteiger partial charge in [-0.15, -0.1) is 0 Å². The van der Waals surface area contributed by atoms with Gasteiger partial charge in [0.05, 0.1) is 5.75 Å². The van der Waals surface area contributed by atoms with Crippen LogP contribution in [0.3, 0.4) is 0 Å². The van der Waals surface area contributed by atoms with Gasteiger partial charge in [0, 0.05) is 11.3 Å². The lowest BCUT2D eigenvalue weighted by atomic mass is 9.69. The normalized spacial score (nSPS) is 24.2. The van der Waals surface area contributed by atoms with E-state index in [0.717, 1.165) is 25.7 Å². The average molecular weight is 247 g/mol. The number of sulfone groups is 1. The Morgan fingerprint density at radius 1 is 1.12 bits per heavy atom. The van der Waals surface area contributed by atoms with Gasteiger partial charge >= 0.3 is 0 Å². The molecule has 0 spiro atoms. The minimum Gasteiger partial charge on any atom is -0.325 e. The highest BCUT2D eigenvalue weighted by Gasteiger charge is 2.35. The molecule has 1 fully saturated rings. The van der Waals surface area contributed by atoms with Crippen molar-refractivity contribution in [3.8, 4) is 0 Å². The highest BCUT2D eigenvalue weighted by molar-refractivity contribution is 7.91. The Bertz CT molecular complexity index is 323. The van der Waals surface area contributed by atoms with Crippen molar-refractivity contribution >= 4 is 9.84 Å². The van der Waals surface area contributed by atoms with Crippen LogP contribution < -0.4 is 5.73 Å². The monoisotopic (exact) mass is 247 g/mol. The van der Waals surface area contributed by atoms with Gasteiger partial charge in [0.1, 0.15) is 9.84 Å². The molecule has 1 aliphatic carbocycles. The van der Waals surface area contributed by atoms with Crippen LogP contribution in [0.25, 0.3) is 0 Å². The van der Waals surface area contributed by atoms with Gasteiger partial charge in [-0.2, -0.15) is 0 Å². The molecule has 0 amide bonds. The molecule has 0 aromatic carbocycles. The second-order valence-corrected chi connectivity index (χ2v) is 8.49. The fraction of sp³-hybridized carbons (Fsp3) is 1.00. The summed E-state index contributed by atoms with van der Waals surface area (Å²) in [7, 11) is -2.87. The van der Waals surface area contributed by atoms with Crippen LogP contribution >= 0.6 is 0 Å². The minimum absolute atomic E-state index is 0.231. The molecule has 1 rings (SSSR count). The fourth-order valence-electron chi connectivity index (χ4n) is 2.18. The maximum Gasteiger partial charge on any atom is 0.150 e. The molecule has 0 unspecified atom stereocenters. The van der Waals surface area contributed by atoms with Crippen molar-refractivity contribution < 1.29 is 8.42 Å². The first-order valence-electron chi connectivity index (χ1n) is 6.17. The summed E-state index contributed by atoms with van der Waals surface area (Å²) < 4.78 is 22.9. The zero-order valence-corrected chi connectivity index (χ0v) is 11.6. The van der Waals surface area contributed by atoms with E-state index in [9.17, 15) is 8.42 Å². The molecule has 0 radical (unpaired) electrons. The van der Waals surface area contributed by atoms with Gasteiger partial charge in [0.2, 0.25) is 0 Å². The Balaban J connectivity index is 2.49. The minimum atomic E-state index is -2.87. The van der Waals surface area contributed by atoms with E-state index in [1.54, 1.807) is 6.92 Å². The Labute approximate surface area is 99.7 Å². The second kappa shape index (κ2) is 4.65. The molecule has 2 N–H and O–H groups in total.